The molecule has 0 radical (unpaired) electrons. The normalized spacial score (nSPS) is 17.4. The minimum Gasteiger partial charge on any atom is -0.367 e. The minimum absolute atomic E-state index is 0.330. The fourth-order valence-corrected chi connectivity index (χ4v) is 2.97. The molecule has 0 bridgehead atoms. The molecule has 1 atom stereocenters. The molecule has 2 rings (SSSR count). The van der Waals surface area contributed by atoms with Crippen LogP contribution >= 0.6 is 0 Å². The van der Waals surface area contributed by atoms with Gasteiger partial charge in [-0.15, -0.1) is 0 Å². The van der Waals surface area contributed by atoms with E-state index in [1.165, 1.54) is 24.1 Å². The molecule has 0 aromatic heterocycles. The summed E-state index contributed by atoms with van der Waals surface area (Å²) in [6.45, 7) is 8.78. The van der Waals surface area contributed by atoms with Gasteiger partial charge >= 0.3 is 0 Å². The van der Waals surface area contributed by atoms with Crippen molar-refractivity contribution in [3.05, 3.63) is 29.8 Å². The molecule has 1 aromatic carbocycles. The first-order valence-electron chi connectivity index (χ1n) is 7.06. The highest BCUT2D eigenvalue weighted by atomic mass is 15.2. The third-order valence-electron chi connectivity index (χ3n) is 3.71. The van der Waals surface area contributed by atoms with E-state index in [9.17, 15) is 0 Å². The molecule has 0 fully saturated rings. The molecule has 1 aromatic rings. The van der Waals surface area contributed by atoms with Crippen LogP contribution in [-0.2, 0) is 6.42 Å². The van der Waals surface area contributed by atoms with Gasteiger partial charge in [-0.05, 0) is 36.3 Å². The highest BCUT2D eigenvalue weighted by Gasteiger charge is 2.26. The molecule has 0 saturated heterocycles. The molecule has 18 heavy (non-hydrogen) atoms. The summed E-state index contributed by atoms with van der Waals surface area (Å²) in [5.74, 6) is 0. The third-order valence-corrected chi connectivity index (χ3v) is 3.71. The largest absolute Gasteiger partial charge is 0.367 e. The Balaban J connectivity index is 2.22. The standard InChI is InChI=1S/C16H26N2/c1-16(2,3)11-14(12-17)18-10-6-8-13-7-4-5-9-15(13)18/h4-5,7,9,14H,6,8,10-12,17H2,1-3H3. The number of fused-ring (bicyclic) bond motifs is 1. The Morgan fingerprint density at radius 2 is 2.00 bits per heavy atom. The number of benzene rings is 1. The molecule has 0 saturated carbocycles. The van der Waals surface area contributed by atoms with Crippen molar-refractivity contribution in [1.29, 1.82) is 0 Å². The van der Waals surface area contributed by atoms with Crippen molar-refractivity contribution in [3.8, 4) is 0 Å². The average Bonchev–Trinajstić information content (AvgIpc) is 2.34. The van der Waals surface area contributed by atoms with E-state index in [2.05, 4.69) is 49.9 Å². The van der Waals surface area contributed by atoms with Gasteiger partial charge in [0.05, 0.1) is 0 Å². The molecule has 2 heteroatoms. The molecule has 1 unspecified atom stereocenters. The maximum atomic E-state index is 6.03. The summed E-state index contributed by atoms with van der Waals surface area (Å²) in [6.07, 6.45) is 3.61. The molecule has 1 aliphatic heterocycles. The first-order valence-corrected chi connectivity index (χ1v) is 7.06. The zero-order valence-corrected chi connectivity index (χ0v) is 11.9. The molecule has 0 amide bonds. The van der Waals surface area contributed by atoms with Crippen molar-refractivity contribution in [2.75, 3.05) is 18.0 Å². The zero-order chi connectivity index (χ0) is 13.2. The lowest BCUT2D eigenvalue weighted by molar-refractivity contribution is 0.329. The lowest BCUT2D eigenvalue weighted by Crippen LogP contribution is -2.45. The summed E-state index contributed by atoms with van der Waals surface area (Å²) in [4.78, 5) is 2.53. The number of aryl methyl sites for hydroxylation is 1. The smallest absolute Gasteiger partial charge is 0.0417 e. The minimum atomic E-state index is 0.330. The first kappa shape index (κ1) is 13.4. The predicted octanol–water partition coefficient (Wildman–Crippen LogP) is 3.20. The Morgan fingerprint density at radius 1 is 1.28 bits per heavy atom. The van der Waals surface area contributed by atoms with E-state index in [-0.39, 0.29) is 0 Å². The van der Waals surface area contributed by atoms with Crippen molar-refractivity contribution >= 4 is 5.69 Å². The SMILES string of the molecule is CC(C)(C)CC(CN)N1CCCc2ccccc21. The Labute approximate surface area is 111 Å². The van der Waals surface area contributed by atoms with E-state index in [4.69, 9.17) is 5.73 Å². The molecule has 100 valence electrons. The number of nitrogens with zero attached hydrogens (tertiary/aromatic N) is 1. The quantitative estimate of drug-likeness (QED) is 0.887. The molecule has 0 aliphatic carbocycles. The topological polar surface area (TPSA) is 29.3 Å². The van der Waals surface area contributed by atoms with E-state index >= 15 is 0 Å². The molecular weight excluding hydrogens is 220 g/mol. The number of para-hydroxylation sites is 1. The summed E-state index contributed by atoms with van der Waals surface area (Å²) in [7, 11) is 0. The molecular formula is C16H26N2. The van der Waals surface area contributed by atoms with Crippen LogP contribution in [0.25, 0.3) is 0 Å². The molecule has 2 N–H and O–H groups in total. The zero-order valence-electron chi connectivity index (χ0n) is 11.9. The van der Waals surface area contributed by atoms with E-state index in [1.54, 1.807) is 0 Å². The van der Waals surface area contributed by atoms with Crippen LogP contribution < -0.4 is 10.6 Å². The monoisotopic (exact) mass is 246 g/mol. The second kappa shape index (κ2) is 5.31. The van der Waals surface area contributed by atoms with Gasteiger partial charge in [-0.1, -0.05) is 39.0 Å². The summed E-state index contributed by atoms with van der Waals surface area (Å²) >= 11 is 0. The lowest BCUT2D eigenvalue weighted by atomic mass is 9.86. The second-order valence-corrected chi connectivity index (χ2v) is 6.58. The Kier molecular flexibility index (Phi) is 3.96. The Morgan fingerprint density at radius 3 is 2.67 bits per heavy atom. The first-order chi connectivity index (χ1) is 8.51. The third kappa shape index (κ3) is 3.05. The summed E-state index contributed by atoms with van der Waals surface area (Å²) in [6, 6.07) is 9.25. The van der Waals surface area contributed by atoms with Gasteiger partial charge in [-0.2, -0.15) is 0 Å². The number of hydrogen-bond donors (Lipinski definition) is 1. The van der Waals surface area contributed by atoms with E-state index in [0.29, 0.717) is 11.5 Å². The van der Waals surface area contributed by atoms with Gasteiger partial charge in [0.15, 0.2) is 0 Å². The van der Waals surface area contributed by atoms with Gasteiger partial charge in [0.2, 0.25) is 0 Å². The van der Waals surface area contributed by atoms with Gasteiger partial charge in [0.1, 0.15) is 0 Å². The number of rotatable bonds is 3. The fraction of sp³-hybridized carbons (Fsp3) is 0.625. The number of nitrogens with two attached hydrogens (primary N) is 1. The van der Waals surface area contributed by atoms with Crippen molar-refractivity contribution in [1.82, 2.24) is 0 Å². The van der Waals surface area contributed by atoms with Crippen LogP contribution in [0.15, 0.2) is 24.3 Å². The molecule has 2 nitrogen and oxygen atoms in total. The van der Waals surface area contributed by atoms with E-state index in [1.807, 2.05) is 0 Å². The highest BCUT2D eigenvalue weighted by molar-refractivity contribution is 5.56. The van der Waals surface area contributed by atoms with Crippen LogP contribution in [0.2, 0.25) is 0 Å². The van der Waals surface area contributed by atoms with E-state index in [0.717, 1.165) is 19.5 Å². The number of anilines is 1. The second-order valence-electron chi connectivity index (χ2n) is 6.58. The average molecular weight is 246 g/mol. The van der Waals surface area contributed by atoms with Gasteiger partial charge < -0.3 is 10.6 Å². The van der Waals surface area contributed by atoms with Crippen molar-refractivity contribution in [2.45, 2.75) is 46.1 Å². The summed E-state index contributed by atoms with van der Waals surface area (Å²) in [5, 5.41) is 0. The van der Waals surface area contributed by atoms with Crippen LogP contribution in [0.5, 0.6) is 0 Å². The molecule has 1 aliphatic rings. The van der Waals surface area contributed by atoms with Crippen LogP contribution in [-0.4, -0.2) is 19.1 Å². The van der Waals surface area contributed by atoms with Crippen LogP contribution in [0.4, 0.5) is 5.69 Å². The van der Waals surface area contributed by atoms with Gasteiger partial charge in [-0.25, -0.2) is 0 Å². The molecule has 0 spiro atoms. The fourth-order valence-electron chi connectivity index (χ4n) is 2.97. The van der Waals surface area contributed by atoms with Crippen LogP contribution in [0.1, 0.15) is 39.2 Å². The van der Waals surface area contributed by atoms with Crippen molar-refractivity contribution < 1.29 is 0 Å². The number of hydrogen-bond acceptors (Lipinski definition) is 2. The highest BCUT2D eigenvalue weighted by Crippen LogP contribution is 2.32. The van der Waals surface area contributed by atoms with Crippen molar-refractivity contribution in [2.24, 2.45) is 11.1 Å². The summed E-state index contributed by atoms with van der Waals surface area (Å²) < 4.78 is 0. The van der Waals surface area contributed by atoms with Crippen LogP contribution in [0.3, 0.4) is 0 Å². The van der Waals surface area contributed by atoms with Gasteiger partial charge in [-0.3, -0.25) is 0 Å². The lowest BCUT2D eigenvalue weighted by Gasteiger charge is -2.40. The van der Waals surface area contributed by atoms with Gasteiger partial charge in [0, 0.05) is 24.8 Å². The maximum absolute atomic E-state index is 6.03. The maximum Gasteiger partial charge on any atom is 0.0417 e. The van der Waals surface area contributed by atoms with Crippen molar-refractivity contribution in [3.63, 3.8) is 0 Å². The predicted molar refractivity (Wildman–Crippen MR) is 79.0 cm³/mol. The van der Waals surface area contributed by atoms with Gasteiger partial charge in [0.25, 0.3) is 0 Å². The Bertz CT molecular complexity index is 392. The van der Waals surface area contributed by atoms with E-state index < -0.39 is 0 Å². The summed E-state index contributed by atoms with van der Waals surface area (Å²) in [5.41, 5.74) is 9.24. The molecule has 1 heterocycles. The Hall–Kier alpha value is -1.02. The van der Waals surface area contributed by atoms with Crippen LogP contribution in [0, 0.1) is 5.41 Å².